The Morgan fingerprint density at radius 1 is 1.20 bits per heavy atom. The highest BCUT2D eigenvalue weighted by atomic mass is 16.5. The normalized spacial score (nSPS) is 23.1. The number of aliphatic hydroxyl groups is 2. The minimum absolute atomic E-state index is 0.133. The number of β-amino-alcohol motifs (C(OH)–C–C–N with tert-alkyl or cyclic N) is 1. The van der Waals surface area contributed by atoms with Crippen LogP contribution in [0.4, 0.5) is 0 Å². The monoisotopic (exact) mass is 475 g/mol. The maximum Gasteiger partial charge on any atom is 0.167 e. The fourth-order valence-corrected chi connectivity index (χ4v) is 5.20. The Morgan fingerprint density at radius 2 is 1.94 bits per heavy atom. The first kappa shape index (κ1) is 23.8. The molecule has 2 aromatic heterocycles. The molecule has 35 heavy (non-hydrogen) atoms. The van der Waals surface area contributed by atoms with Crippen molar-refractivity contribution in [2.24, 2.45) is 17.8 Å². The number of likely N-dealkylation sites (N-methyl/N-ethyl adjacent to an activating group) is 1. The van der Waals surface area contributed by atoms with E-state index in [0.29, 0.717) is 35.9 Å². The molecule has 1 unspecified atom stereocenters. The van der Waals surface area contributed by atoms with Crippen molar-refractivity contribution in [3.05, 3.63) is 59.8 Å². The zero-order chi connectivity index (χ0) is 24.5. The molecule has 0 spiro atoms. The Labute approximate surface area is 206 Å². The lowest BCUT2D eigenvalue weighted by Gasteiger charge is -2.23. The van der Waals surface area contributed by atoms with Gasteiger partial charge in [-0.25, -0.2) is 4.98 Å². The van der Waals surface area contributed by atoms with Gasteiger partial charge in [-0.05, 0) is 57.1 Å². The molecule has 2 fully saturated rings. The van der Waals surface area contributed by atoms with Crippen LogP contribution in [0.1, 0.15) is 36.2 Å². The Hall–Kier alpha value is -2.96. The van der Waals surface area contributed by atoms with Gasteiger partial charge in [-0.1, -0.05) is 17.0 Å². The van der Waals surface area contributed by atoms with Gasteiger partial charge >= 0.3 is 0 Å². The van der Waals surface area contributed by atoms with E-state index in [9.17, 15) is 5.11 Å². The van der Waals surface area contributed by atoms with Gasteiger partial charge in [0.15, 0.2) is 5.76 Å². The molecule has 8 nitrogen and oxygen atoms in total. The number of hydrogen-bond acceptors (Lipinski definition) is 7. The van der Waals surface area contributed by atoms with Crippen LogP contribution in [0.3, 0.4) is 0 Å². The second-order valence-corrected chi connectivity index (χ2v) is 9.95. The van der Waals surface area contributed by atoms with Crippen molar-refractivity contribution in [2.75, 3.05) is 46.9 Å². The number of likely N-dealkylation sites (tertiary alicyclic amines) is 1. The minimum atomic E-state index is -0.677. The maximum atomic E-state index is 10.1. The first-order chi connectivity index (χ1) is 16.9. The summed E-state index contributed by atoms with van der Waals surface area (Å²) in [7, 11) is 4.01. The molecular weight excluding hydrogens is 442 g/mol. The van der Waals surface area contributed by atoms with Crippen molar-refractivity contribution in [3.63, 3.8) is 0 Å². The SMILES string of the molecule is C[C@H](O)c1nccn1[C@H](CN(C)C)c1cc(-c2ccc(C#CC3[C@H]4CN(CCO)C[C@@H]34)cc2)on1. The summed E-state index contributed by atoms with van der Waals surface area (Å²) in [6.07, 6.45) is 2.89. The molecule has 1 aliphatic carbocycles. The second-order valence-electron chi connectivity index (χ2n) is 9.95. The summed E-state index contributed by atoms with van der Waals surface area (Å²) in [4.78, 5) is 8.73. The highest BCUT2D eigenvalue weighted by molar-refractivity contribution is 5.59. The van der Waals surface area contributed by atoms with Crippen LogP contribution in [-0.4, -0.2) is 81.6 Å². The van der Waals surface area contributed by atoms with Crippen molar-refractivity contribution in [1.82, 2.24) is 24.5 Å². The Kier molecular flexibility index (Phi) is 6.76. The topological polar surface area (TPSA) is 90.8 Å². The van der Waals surface area contributed by atoms with Crippen LogP contribution in [-0.2, 0) is 0 Å². The third-order valence-electron chi connectivity index (χ3n) is 7.05. The Balaban J connectivity index is 1.28. The van der Waals surface area contributed by atoms with E-state index in [2.05, 4.69) is 31.8 Å². The molecule has 0 amide bonds. The van der Waals surface area contributed by atoms with Crippen molar-refractivity contribution in [3.8, 4) is 23.2 Å². The van der Waals surface area contributed by atoms with Gasteiger partial charge in [-0.3, -0.25) is 0 Å². The summed E-state index contributed by atoms with van der Waals surface area (Å²) >= 11 is 0. The smallest absolute Gasteiger partial charge is 0.167 e. The van der Waals surface area contributed by atoms with Crippen molar-refractivity contribution in [2.45, 2.75) is 19.1 Å². The molecular formula is C27H33N5O3. The van der Waals surface area contributed by atoms with Gasteiger partial charge in [-0.2, -0.15) is 0 Å². The predicted molar refractivity (Wildman–Crippen MR) is 132 cm³/mol. The van der Waals surface area contributed by atoms with Crippen LogP contribution in [0.25, 0.3) is 11.3 Å². The largest absolute Gasteiger partial charge is 0.395 e. The van der Waals surface area contributed by atoms with Crippen LogP contribution in [0, 0.1) is 29.6 Å². The summed E-state index contributed by atoms with van der Waals surface area (Å²) in [6.45, 7) is 5.53. The number of benzene rings is 1. The lowest BCUT2D eigenvalue weighted by atomic mass is 10.1. The Morgan fingerprint density at radius 3 is 2.60 bits per heavy atom. The number of imidazole rings is 1. The van der Waals surface area contributed by atoms with Gasteiger partial charge in [0.1, 0.15) is 17.6 Å². The molecule has 2 N–H and O–H groups in total. The quantitative estimate of drug-likeness (QED) is 0.483. The van der Waals surface area contributed by atoms with E-state index in [0.717, 1.165) is 36.5 Å². The molecule has 5 rings (SSSR count). The molecule has 1 aromatic carbocycles. The third-order valence-corrected chi connectivity index (χ3v) is 7.05. The zero-order valence-electron chi connectivity index (χ0n) is 20.5. The van der Waals surface area contributed by atoms with Gasteiger partial charge < -0.3 is 29.1 Å². The minimum Gasteiger partial charge on any atom is -0.395 e. The number of aromatic nitrogens is 3. The van der Waals surface area contributed by atoms with E-state index >= 15 is 0 Å². The molecule has 5 atom stereocenters. The van der Waals surface area contributed by atoms with E-state index in [1.165, 1.54) is 0 Å². The molecule has 1 saturated heterocycles. The average molecular weight is 476 g/mol. The fourth-order valence-electron chi connectivity index (χ4n) is 5.20. The van der Waals surface area contributed by atoms with E-state index in [-0.39, 0.29) is 12.6 Å². The van der Waals surface area contributed by atoms with E-state index in [4.69, 9.17) is 9.63 Å². The number of rotatable bonds is 8. The van der Waals surface area contributed by atoms with E-state index in [1.54, 1.807) is 13.1 Å². The molecule has 1 saturated carbocycles. The molecule has 0 bridgehead atoms. The van der Waals surface area contributed by atoms with Crippen LogP contribution in [0.2, 0.25) is 0 Å². The summed E-state index contributed by atoms with van der Waals surface area (Å²) in [5.41, 5.74) is 2.73. The summed E-state index contributed by atoms with van der Waals surface area (Å²) in [5, 5.41) is 23.6. The molecule has 3 aromatic rings. The molecule has 1 aliphatic heterocycles. The first-order valence-corrected chi connectivity index (χ1v) is 12.2. The van der Waals surface area contributed by atoms with E-state index < -0.39 is 6.10 Å². The van der Waals surface area contributed by atoms with Crippen LogP contribution < -0.4 is 0 Å². The standard InChI is InChI=1S/C27H33N5O3/c1-18(34)27-28-10-11-32(27)25(17-30(2)3)24-14-26(35-29-24)20-7-4-19(5-8-20)6-9-21-22-15-31(12-13-33)16-23(21)22/h4-5,7-8,10-11,14,18,21-23,25,33-34H,12-13,15-17H2,1-3H3/t18-,21?,22-,23+,25+/m0/s1. The van der Waals surface area contributed by atoms with Gasteiger partial charge in [0.2, 0.25) is 0 Å². The summed E-state index contributed by atoms with van der Waals surface area (Å²) in [5.74, 6) is 9.92. The fraction of sp³-hybridized carbons (Fsp3) is 0.481. The molecule has 2 aliphatic rings. The van der Waals surface area contributed by atoms with Crippen LogP contribution >= 0.6 is 0 Å². The highest BCUT2D eigenvalue weighted by Gasteiger charge is 2.54. The van der Waals surface area contributed by atoms with Crippen molar-refractivity contribution in [1.29, 1.82) is 0 Å². The first-order valence-electron chi connectivity index (χ1n) is 12.2. The number of aliphatic hydroxyl groups excluding tert-OH is 2. The van der Waals surface area contributed by atoms with Gasteiger partial charge in [0.25, 0.3) is 0 Å². The second kappa shape index (κ2) is 9.96. The lowest BCUT2D eigenvalue weighted by molar-refractivity contribution is 0.179. The average Bonchev–Trinajstić information content (AvgIpc) is 3.34. The summed E-state index contributed by atoms with van der Waals surface area (Å²) in [6, 6.07) is 9.92. The zero-order valence-corrected chi connectivity index (χ0v) is 20.5. The molecule has 0 radical (unpaired) electrons. The molecule has 8 heteroatoms. The lowest BCUT2D eigenvalue weighted by Crippen LogP contribution is -2.27. The van der Waals surface area contributed by atoms with Crippen LogP contribution in [0.15, 0.2) is 47.2 Å². The number of hydrogen-bond donors (Lipinski definition) is 2. The highest BCUT2D eigenvalue weighted by Crippen LogP contribution is 2.51. The third kappa shape index (κ3) is 5.04. The van der Waals surface area contributed by atoms with E-state index in [1.807, 2.05) is 55.2 Å². The van der Waals surface area contributed by atoms with Gasteiger partial charge in [-0.15, -0.1) is 0 Å². The maximum absolute atomic E-state index is 10.1. The van der Waals surface area contributed by atoms with Crippen molar-refractivity contribution < 1.29 is 14.7 Å². The van der Waals surface area contributed by atoms with Gasteiger partial charge in [0.05, 0.1) is 12.6 Å². The number of piperidine rings is 1. The van der Waals surface area contributed by atoms with Gasteiger partial charge in [0, 0.05) is 61.7 Å². The molecule has 3 heterocycles. The predicted octanol–water partition coefficient (Wildman–Crippen LogP) is 2.26. The molecule has 184 valence electrons. The van der Waals surface area contributed by atoms with Crippen molar-refractivity contribution >= 4 is 0 Å². The number of fused-ring (bicyclic) bond motifs is 1. The van der Waals surface area contributed by atoms with Crippen LogP contribution in [0.5, 0.6) is 0 Å². The Bertz CT molecular complexity index is 1190. The summed E-state index contributed by atoms with van der Waals surface area (Å²) < 4.78 is 7.68. The number of nitrogens with zero attached hydrogens (tertiary/aromatic N) is 5.